The highest BCUT2D eigenvalue weighted by molar-refractivity contribution is 9.10. The smallest absolute Gasteiger partial charge is 0.144 e. The number of halogens is 1. The summed E-state index contributed by atoms with van der Waals surface area (Å²) < 4.78 is 1.70. The number of nitrogens with one attached hydrogen (secondary N) is 1. The first kappa shape index (κ1) is 13.2. The van der Waals surface area contributed by atoms with Gasteiger partial charge in [0.25, 0.3) is 0 Å². The van der Waals surface area contributed by atoms with Crippen LogP contribution in [0.15, 0.2) is 4.47 Å². The molecule has 1 aromatic rings. The molecule has 17 heavy (non-hydrogen) atoms. The first-order valence-corrected chi connectivity index (χ1v) is 7.71. The van der Waals surface area contributed by atoms with Crippen molar-refractivity contribution in [2.45, 2.75) is 57.8 Å². The molecular weight excluding hydrogens is 296 g/mol. The zero-order valence-electron chi connectivity index (χ0n) is 10.3. The van der Waals surface area contributed by atoms with Gasteiger partial charge in [0.1, 0.15) is 10.5 Å². The Kier molecular flexibility index (Phi) is 4.74. The van der Waals surface area contributed by atoms with Crippen molar-refractivity contribution in [3.8, 4) is 0 Å². The fourth-order valence-corrected chi connectivity index (χ4v) is 3.12. The first-order valence-electron chi connectivity index (χ1n) is 6.51. The number of aromatic amines is 1. The Morgan fingerprint density at radius 1 is 1.35 bits per heavy atom. The van der Waals surface area contributed by atoms with Crippen LogP contribution in [0.1, 0.15) is 62.9 Å². The van der Waals surface area contributed by atoms with Crippen LogP contribution in [0.3, 0.4) is 0 Å². The summed E-state index contributed by atoms with van der Waals surface area (Å²) >= 11 is 8.88. The molecule has 0 radical (unpaired) electrons. The van der Waals surface area contributed by atoms with E-state index in [2.05, 4.69) is 32.8 Å². The van der Waals surface area contributed by atoms with Gasteiger partial charge in [0.15, 0.2) is 0 Å². The maximum Gasteiger partial charge on any atom is 0.144 e. The van der Waals surface area contributed by atoms with E-state index in [1.165, 1.54) is 37.8 Å². The van der Waals surface area contributed by atoms with Crippen LogP contribution in [0.4, 0.5) is 0 Å². The molecular formula is C13H19BrN2S. The fraction of sp³-hybridized carbons (Fsp3) is 0.692. The van der Waals surface area contributed by atoms with Crippen LogP contribution in [0.2, 0.25) is 0 Å². The lowest BCUT2D eigenvalue weighted by Gasteiger charge is -2.21. The fourth-order valence-electron chi connectivity index (χ4n) is 2.52. The molecule has 4 heteroatoms. The summed E-state index contributed by atoms with van der Waals surface area (Å²) in [5, 5.41) is 0. The van der Waals surface area contributed by atoms with E-state index in [0.29, 0.717) is 10.6 Å². The summed E-state index contributed by atoms with van der Waals surface area (Å²) in [7, 11) is 0. The summed E-state index contributed by atoms with van der Waals surface area (Å²) in [6.07, 6.45) is 8.69. The molecule has 0 aliphatic heterocycles. The predicted octanol–water partition coefficient (Wildman–Crippen LogP) is 4.90. The van der Waals surface area contributed by atoms with Gasteiger partial charge in [-0.3, -0.25) is 0 Å². The molecule has 94 valence electrons. The molecule has 1 saturated carbocycles. The van der Waals surface area contributed by atoms with E-state index in [1.54, 1.807) is 0 Å². The minimum Gasteiger partial charge on any atom is -0.346 e. The van der Waals surface area contributed by atoms with E-state index < -0.39 is 0 Å². The molecule has 1 aromatic heterocycles. The number of aromatic nitrogens is 2. The minimum atomic E-state index is 0.592. The molecule has 1 fully saturated rings. The number of hydrogen-bond donors (Lipinski definition) is 1. The van der Waals surface area contributed by atoms with E-state index in [0.717, 1.165) is 23.1 Å². The second-order valence-electron chi connectivity index (χ2n) is 4.80. The molecule has 0 atom stereocenters. The molecule has 0 unspecified atom stereocenters. The molecule has 1 heterocycles. The molecule has 1 N–H and O–H groups in total. The van der Waals surface area contributed by atoms with Gasteiger partial charge < -0.3 is 4.98 Å². The molecule has 0 aromatic carbocycles. The van der Waals surface area contributed by atoms with Gasteiger partial charge in [-0.25, -0.2) is 4.98 Å². The van der Waals surface area contributed by atoms with Crippen molar-refractivity contribution in [3.63, 3.8) is 0 Å². The molecule has 0 saturated heterocycles. The van der Waals surface area contributed by atoms with Crippen LogP contribution in [-0.2, 0) is 6.42 Å². The summed E-state index contributed by atoms with van der Waals surface area (Å²) in [5.41, 5.74) is 1.22. The quantitative estimate of drug-likeness (QED) is 0.804. The lowest BCUT2D eigenvalue weighted by atomic mass is 9.88. The third kappa shape index (κ3) is 3.16. The monoisotopic (exact) mass is 314 g/mol. The number of hydrogen-bond acceptors (Lipinski definition) is 2. The highest BCUT2D eigenvalue weighted by Crippen LogP contribution is 2.31. The van der Waals surface area contributed by atoms with Crippen LogP contribution in [-0.4, -0.2) is 9.97 Å². The van der Waals surface area contributed by atoms with Gasteiger partial charge in [-0.05, 0) is 35.2 Å². The summed E-state index contributed by atoms with van der Waals surface area (Å²) in [6.45, 7) is 2.18. The first-order chi connectivity index (χ1) is 8.22. The molecule has 0 spiro atoms. The van der Waals surface area contributed by atoms with Crippen molar-refractivity contribution in [3.05, 3.63) is 20.6 Å². The third-order valence-corrected chi connectivity index (χ3v) is 4.86. The zero-order valence-corrected chi connectivity index (χ0v) is 12.7. The van der Waals surface area contributed by atoms with Gasteiger partial charge in [0.2, 0.25) is 0 Å². The average molecular weight is 315 g/mol. The minimum absolute atomic E-state index is 0.592. The molecule has 1 aliphatic carbocycles. The molecule has 0 amide bonds. The van der Waals surface area contributed by atoms with Gasteiger partial charge in [-0.1, -0.05) is 44.8 Å². The van der Waals surface area contributed by atoms with Crippen molar-refractivity contribution in [2.24, 2.45) is 0 Å². The maximum atomic E-state index is 5.33. The Hall–Kier alpha value is -0.220. The van der Waals surface area contributed by atoms with E-state index >= 15 is 0 Å². The Morgan fingerprint density at radius 2 is 2.06 bits per heavy atom. The predicted molar refractivity (Wildman–Crippen MR) is 76.9 cm³/mol. The highest BCUT2D eigenvalue weighted by Gasteiger charge is 2.18. The van der Waals surface area contributed by atoms with E-state index in [9.17, 15) is 0 Å². The Labute approximate surface area is 116 Å². The second-order valence-corrected chi connectivity index (χ2v) is 5.98. The van der Waals surface area contributed by atoms with E-state index in [4.69, 9.17) is 12.2 Å². The second kappa shape index (κ2) is 6.10. The van der Waals surface area contributed by atoms with E-state index in [1.807, 2.05) is 0 Å². The lowest BCUT2D eigenvalue weighted by Crippen LogP contribution is -2.11. The third-order valence-electron chi connectivity index (χ3n) is 3.45. The summed E-state index contributed by atoms with van der Waals surface area (Å²) in [4.78, 5) is 8.05. The lowest BCUT2D eigenvalue weighted by molar-refractivity contribution is 0.427. The molecule has 1 aliphatic rings. The van der Waals surface area contributed by atoms with Crippen LogP contribution in [0.25, 0.3) is 0 Å². The number of H-pyrrole nitrogens is 1. The van der Waals surface area contributed by atoms with Crippen LogP contribution < -0.4 is 0 Å². The van der Waals surface area contributed by atoms with Crippen LogP contribution in [0.5, 0.6) is 0 Å². The highest BCUT2D eigenvalue weighted by atomic mass is 79.9. The summed E-state index contributed by atoms with van der Waals surface area (Å²) in [6, 6.07) is 0. The SMILES string of the molecule is CCCc1[nH]c(C2CCCCC2)nc(=S)c1Br. The Balaban J connectivity index is 2.30. The van der Waals surface area contributed by atoms with Crippen molar-refractivity contribution in [1.29, 1.82) is 0 Å². The Morgan fingerprint density at radius 3 is 2.71 bits per heavy atom. The van der Waals surface area contributed by atoms with Gasteiger partial charge in [-0.2, -0.15) is 0 Å². The van der Waals surface area contributed by atoms with Crippen molar-refractivity contribution in [2.75, 3.05) is 0 Å². The molecule has 2 rings (SSSR count). The van der Waals surface area contributed by atoms with Gasteiger partial charge >= 0.3 is 0 Å². The largest absolute Gasteiger partial charge is 0.346 e. The van der Waals surface area contributed by atoms with Crippen molar-refractivity contribution in [1.82, 2.24) is 9.97 Å². The Bertz CT molecular complexity index is 436. The van der Waals surface area contributed by atoms with Crippen molar-refractivity contribution < 1.29 is 0 Å². The maximum absolute atomic E-state index is 5.33. The standard InChI is InChI=1S/C13H19BrN2S/c1-2-6-10-11(14)13(17)16-12(15-10)9-7-4-3-5-8-9/h9H,2-8H2,1H3,(H,15,16,17). The number of nitrogens with zero attached hydrogens (tertiary/aromatic N) is 1. The number of aryl methyl sites for hydroxylation is 1. The van der Waals surface area contributed by atoms with Gasteiger partial charge in [0, 0.05) is 11.6 Å². The van der Waals surface area contributed by atoms with Crippen LogP contribution >= 0.6 is 28.1 Å². The summed E-state index contributed by atoms with van der Waals surface area (Å²) in [5.74, 6) is 1.70. The van der Waals surface area contributed by atoms with Crippen molar-refractivity contribution >= 4 is 28.1 Å². The normalized spacial score (nSPS) is 17.3. The number of rotatable bonds is 3. The zero-order chi connectivity index (χ0) is 12.3. The van der Waals surface area contributed by atoms with Gasteiger partial charge in [-0.15, -0.1) is 0 Å². The molecule has 2 nitrogen and oxygen atoms in total. The van der Waals surface area contributed by atoms with Crippen LogP contribution in [0, 0.1) is 4.64 Å². The average Bonchev–Trinajstić information content (AvgIpc) is 2.36. The van der Waals surface area contributed by atoms with E-state index in [-0.39, 0.29) is 0 Å². The van der Waals surface area contributed by atoms with Gasteiger partial charge in [0.05, 0.1) is 4.47 Å². The topological polar surface area (TPSA) is 28.7 Å². The molecule has 0 bridgehead atoms.